The second-order valence-electron chi connectivity index (χ2n) is 8.13. The maximum Gasteiger partial charge on any atom is 0.307 e. The van der Waals surface area contributed by atoms with Gasteiger partial charge < -0.3 is 39.0 Å². The number of ether oxygens (including phenoxy) is 1. The maximum absolute atomic E-state index is 11.8. The minimum absolute atomic E-state index is 0. The fraction of sp³-hybridized carbons (Fsp3) is 0.952. The van der Waals surface area contributed by atoms with Gasteiger partial charge in [0, 0.05) is 19.8 Å². The first kappa shape index (κ1) is 31.8. The van der Waals surface area contributed by atoms with Crippen LogP contribution in [0.25, 0.3) is 0 Å². The molecule has 166 valence electrons. The van der Waals surface area contributed by atoms with Crippen LogP contribution in [0.5, 0.6) is 0 Å². The smallest absolute Gasteiger partial charge is 0.307 e. The Balaban J connectivity index is -0.00000288. The van der Waals surface area contributed by atoms with Crippen LogP contribution >= 0.6 is 0 Å². The summed E-state index contributed by atoms with van der Waals surface area (Å²) in [5, 5.41) is 0. The van der Waals surface area contributed by atoms with E-state index in [0.717, 1.165) is 19.3 Å². The van der Waals surface area contributed by atoms with Gasteiger partial charge in [-0.25, -0.2) is 0 Å². The second kappa shape index (κ2) is 18.2. The van der Waals surface area contributed by atoms with E-state index in [2.05, 4.69) is 42.0 Å². The summed E-state index contributed by atoms with van der Waals surface area (Å²) in [6.45, 7) is 5.99. The molecule has 4 nitrogen and oxygen atoms in total. The minimum Gasteiger partial charge on any atom is -1.00 e. The Hall–Kier alpha value is 0.160. The lowest BCUT2D eigenvalue weighted by molar-refractivity contribution is -1.00. The van der Waals surface area contributed by atoms with Crippen LogP contribution in [0.4, 0.5) is 0 Å². The number of hydrogen-bond donors (Lipinski definition) is 2. The second-order valence-corrected chi connectivity index (χ2v) is 8.13. The molecule has 0 amide bonds. The molecule has 0 saturated carbocycles. The molecule has 0 aromatic rings. The standard InChI is InChI=1S/C21H44N2O2.BrH.ClH/c1-8-10-11-12-13-14-15-16-17-20(22(4)5)21(18-9-2,23(6)7)25-19(3)24;;/h20H,8-18H2,1-7H3;2*1H. The van der Waals surface area contributed by atoms with Crippen LogP contribution in [0.1, 0.15) is 91.4 Å². The molecule has 27 heavy (non-hydrogen) atoms. The molecule has 0 aromatic carbocycles. The van der Waals surface area contributed by atoms with Gasteiger partial charge in [0.05, 0.1) is 28.2 Å². The molecule has 0 fully saturated rings. The largest absolute Gasteiger partial charge is 1.00 e. The van der Waals surface area contributed by atoms with E-state index in [1.807, 2.05) is 0 Å². The molecule has 0 saturated heterocycles. The van der Waals surface area contributed by atoms with Gasteiger partial charge in [0.25, 0.3) is 5.72 Å². The van der Waals surface area contributed by atoms with Gasteiger partial charge in [-0.3, -0.25) is 9.69 Å². The molecule has 0 bridgehead atoms. The Kier molecular flexibility index (Phi) is 21.5. The molecule has 0 aliphatic carbocycles. The number of halogens is 2. The molecule has 2 unspecified atom stereocenters. The maximum atomic E-state index is 11.8. The van der Waals surface area contributed by atoms with Gasteiger partial charge in [-0.15, -0.1) is 0 Å². The molecule has 0 spiro atoms. The molecular weight excluding hydrogens is 428 g/mol. The Morgan fingerprint density at radius 2 is 1.37 bits per heavy atom. The summed E-state index contributed by atoms with van der Waals surface area (Å²) >= 11 is 0. The number of carbonyl (C=O) groups is 1. The summed E-state index contributed by atoms with van der Waals surface area (Å²) in [6.07, 6.45) is 13.7. The van der Waals surface area contributed by atoms with E-state index in [1.54, 1.807) is 6.92 Å². The summed E-state index contributed by atoms with van der Waals surface area (Å²) in [4.78, 5) is 14.4. The Morgan fingerprint density at radius 3 is 1.74 bits per heavy atom. The van der Waals surface area contributed by atoms with Gasteiger partial charge in [-0.05, 0) is 12.8 Å². The number of likely N-dealkylation sites (N-methyl/N-ethyl adjacent to an activating group) is 2. The van der Waals surface area contributed by atoms with Crippen molar-refractivity contribution in [2.45, 2.75) is 103 Å². The topological polar surface area (TPSA) is 35.2 Å². The van der Waals surface area contributed by atoms with Crippen molar-refractivity contribution < 1.29 is 48.7 Å². The first-order chi connectivity index (χ1) is 11.8. The van der Waals surface area contributed by atoms with Crippen molar-refractivity contribution in [3.8, 4) is 0 Å². The first-order valence-electron chi connectivity index (χ1n) is 10.6. The van der Waals surface area contributed by atoms with Crippen LogP contribution in [0.3, 0.4) is 0 Å². The lowest BCUT2D eigenvalue weighted by Gasteiger charge is -2.41. The van der Waals surface area contributed by atoms with Crippen molar-refractivity contribution in [1.82, 2.24) is 0 Å². The summed E-state index contributed by atoms with van der Waals surface area (Å²) in [7, 11) is 8.66. The van der Waals surface area contributed by atoms with E-state index in [-0.39, 0.29) is 35.4 Å². The fourth-order valence-electron chi connectivity index (χ4n) is 4.10. The quantitative estimate of drug-likeness (QED) is 0.146. The van der Waals surface area contributed by atoms with Crippen LogP contribution in [0.15, 0.2) is 0 Å². The van der Waals surface area contributed by atoms with Gasteiger partial charge in [-0.2, -0.15) is 0 Å². The zero-order valence-corrected chi connectivity index (χ0v) is 21.3. The van der Waals surface area contributed by atoms with E-state index in [9.17, 15) is 4.79 Å². The summed E-state index contributed by atoms with van der Waals surface area (Å²) in [5.74, 6) is -0.156. The van der Waals surface area contributed by atoms with Crippen LogP contribution in [-0.2, 0) is 9.53 Å². The van der Waals surface area contributed by atoms with E-state index >= 15 is 0 Å². The highest BCUT2D eigenvalue weighted by Crippen LogP contribution is 2.20. The fourth-order valence-corrected chi connectivity index (χ4v) is 4.10. The van der Waals surface area contributed by atoms with Gasteiger partial charge in [0.2, 0.25) is 0 Å². The van der Waals surface area contributed by atoms with Crippen LogP contribution < -0.4 is 39.2 Å². The molecule has 6 heteroatoms. The number of rotatable bonds is 15. The van der Waals surface area contributed by atoms with E-state index in [4.69, 9.17) is 4.74 Å². The average Bonchev–Trinajstić information content (AvgIpc) is 2.52. The molecule has 2 atom stereocenters. The van der Waals surface area contributed by atoms with Crippen LogP contribution in [-0.4, -0.2) is 45.9 Å². The predicted octanol–water partition coefficient (Wildman–Crippen LogP) is -3.76. The highest BCUT2D eigenvalue weighted by atomic mass is 79.9. The molecule has 0 rings (SSSR count). The SMILES string of the molecule is CCCCCCCCCCC([NH+](C)C)C(CCC)(OC(C)=O)[NH+](C)C.[Br-].[Cl-]. The molecule has 0 aliphatic heterocycles. The number of quaternary nitrogens is 2. The highest BCUT2D eigenvalue weighted by molar-refractivity contribution is 5.66. The predicted molar refractivity (Wildman–Crippen MR) is 106 cm³/mol. The molecule has 2 N–H and O–H groups in total. The van der Waals surface area contributed by atoms with Gasteiger partial charge in [-0.1, -0.05) is 58.8 Å². The van der Waals surface area contributed by atoms with Crippen LogP contribution in [0, 0.1) is 0 Å². The van der Waals surface area contributed by atoms with E-state index < -0.39 is 5.72 Å². The van der Waals surface area contributed by atoms with Crippen molar-refractivity contribution in [3.05, 3.63) is 0 Å². The van der Waals surface area contributed by atoms with Crippen molar-refractivity contribution in [2.75, 3.05) is 28.2 Å². The molecule has 0 aliphatic rings. The molecule has 0 heterocycles. The van der Waals surface area contributed by atoms with Crippen molar-refractivity contribution in [2.24, 2.45) is 0 Å². The Labute approximate surface area is 185 Å². The summed E-state index contributed by atoms with van der Waals surface area (Å²) < 4.78 is 5.99. The van der Waals surface area contributed by atoms with Crippen molar-refractivity contribution in [3.63, 3.8) is 0 Å². The van der Waals surface area contributed by atoms with E-state index in [1.165, 1.54) is 61.2 Å². The van der Waals surface area contributed by atoms with Gasteiger partial charge in [0.1, 0.15) is 0 Å². The zero-order chi connectivity index (χ0) is 19.3. The number of carbonyl (C=O) groups excluding carboxylic acids is 1. The summed E-state index contributed by atoms with van der Waals surface area (Å²) in [5.41, 5.74) is -0.416. The number of unbranched alkanes of at least 4 members (excludes halogenated alkanes) is 7. The number of nitrogens with one attached hydrogen (secondary N) is 2. The van der Waals surface area contributed by atoms with Crippen molar-refractivity contribution in [1.29, 1.82) is 0 Å². The third-order valence-electron chi connectivity index (χ3n) is 5.40. The van der Waals surface area contributed by atoms with Gasteiger partial charge >= 0.3 is 5.97 Å². The van der Waals surface area contributed by atoms with Crippen molar-refractivity contribution >= 4 is 5.97 Å². The highest BCUT2D eigenvalue weighted by Gasteiger charge is 2.51. The third-order valence-corrected chi connectivity index (χ3v) is 5.40. The molecular formula is C21H46BrClN2O2. The van der Waals surface area contributed by atoms with Crippen LogP contribution in [0.2, 0.25) is 0 Å². The molecule has 0 radical (unpaired) electrons. The monoisotopic (exact) mass is 472 g/mol. The minimum atomic E-state index is -0.416. The first-order valence-corrected chi connectivity index (χ1v) is 10.6. The third kappa shape index (κ3) is 12.4. The number of hydrogen-bond acceptors (Lipinski definition) is 2. The lowest BCUT2D eigenvalue weighted by Crippen LogP contribution is -3.26. The zero-order valence-electron chi connectivity index (χ0n) is 18.9. The van der Waals surface area contributed by atoms with Gasteiger partial charge in [0.15, 0.2) is 6.04 Å². The van der Waals surface area contributed by atoms with E-state index in [0.29, 0.717) is 6.04 Å². The number of esters is 1. The Morgan fingerprint density at radius 1 is 0.889 bits per heavy atom. The average molecular weight is 474 g/mol. The Bertz CT molecular complexity index is 357. The summed E-state index contributed by atoms with van der Waals surface area (Å²) in [6, 6.07) is 0.335. The normalized spacial score (nSPS) is 14.3. The lowest BCUT2D eigenvalue weighted by atomic mass is 9.91. The molecule has 0 aromatic heterocycles.